The van der Waals surface area contributed by atoms with E-state index in [0.717, 1.165) is 17.4 Å². The maximum Gasteiger partial charge on any atom is 0.259 e. The molecule has 208 valence electrons. The molecular weight excluding hydrogens is 541 g/mol. The predicted molar refractivity (Wildman–Crippen MR) is 157 cm³/mol. The van der Waals surface area contributed by atoms with Gasteiger partial charge in [0.05, 0.1) is 35.3 Å². The number of fused-ring (bicyclic) bond motifs is 1. The number of nitrogens with one attached hydrogen (secondary N) is 1. The van der Waals surface area contributed by atoms with Gasteiger partial charge in [0.15, 0.2) is 0 Å². The lowest BCUT2D eigenvalue weighted by atomic mass is 10.0. The molecule has 1 fully saturated rings. The van der Waals surface area contributed by atoms with Crippen LogP contribution in [0.2, 0.25) is 10.0 Å². The number of carbonyl (C=O) groups is 1. The van der Waals surface area contributed by atoms with Crippen LogP contribution in [0.3, 0.4) is 0 Å². The molecule has 1 aliphatic rings. The third-order valence-electron chi connectivity index (χ3n) is 7.06. The first-order chi connectivity index (χ1) is 18.8. The van der Waals surface area contributed by atoms with Crippen LogP contribution in [-0.2, 0) is 11.3 Å². The lowest BCUT2D eigenvalue weighted by molar-refractivity contribution is -0.133. The van der Waals surface area contributed by atoms with Crippen LogP contribution in [0.1, 0.15) is 13.8 Å². The number of anilines is 1. The number of methoxy groups -OCH3 is 2. The molecular formula is C28H33Cl2N5O4. The van der Waals surface area contributed by atoms with E-state index in [0.29, 0.717) is 61.2 Å². The molecule has 3 aromatic rings. The third kappa shape index (κ3) is 5.57. The highest BCUT2D eigenvalue weighted by molar-refractivity contribution is 6.41. The Hall–Kier alpha value is -3.27. The summed E-state index contributed by atoms with van der Waals surface area (Å²) in [4.78, 5) is 34.6. The molecule has 1 aliphatic heterocycles. The van der Waals surface area contributed by atoms with E-state index in [1.807, 2.05) is 13.0 Å². The Bertz CT molecular complexity index is 1420. The molecule has 0 bridgehead atoms. The molecule has 9 nitrogen and oxygen atoms in total. The summed E-state index contributed by atoms with van der Waals surface area (Å²) in [5.74, 6) is 1.30. The summed E-state index contributed by atoms with van der Waals surface area (Å²) in [6.07, 6.45) is 3.07. The largest absolute Gasteiger partial charge is 0.495 e. The number of likely N-dealkylation sites (tertiary alicyclic amines) is 1. The standard InChI is InChI=1S/C28H33Cl2N5O4/c1-6-24(36)34-15-18(16-34)33(8-3)9-10-35-20-12-23(31-7-2)32-14-17(20)11-19(28(35)37)25-26(29)21(38-4)13-22(39-5)27(25)30/h6,11-14,18H,1,7-10,15-16H2,2-5H3,(H,31,32). The Morgan fingerprint density at radius 3 is 2.41 bits per heavy atom. The highest BCUT2D eigenvalue weighted by Gasteiger charge is 2.33. The van der Waals surface area contributed by atoms with Crippen LogP contribution >= 0.6 is 23.2 Å². The fourth-order valence-corrected chi connectivity index (χ4v) is 5.60. The number of halogens is 2. The minimum Gasteiger partial charge on any atom is -0.495 e. The van der Waals surface area contributed by atoms with Crippen molar-refractivity contribution >= 4 is 45.8 Å². The van der Waals surface area contributed by atoms with Crippen LogP contribution in [0.15, 0.2) is 41.8 Å². The van der Waals surface area contributed by atoms with E-state index in [2.05, 4.69) is 28.7 Å². The molecule has 1 N–H and O–H groups in total. The zero-order valence-electron chi connectivity index (χ0n) is 22.6. The minimum absolute atomic E-state index is 0.0665. The Balaban J connectivity index is 1.80. The minimum atomic E-state index is -0.247. The second-order valence-corrected chi connectivity index (χ2v) is 9.94. The van der Waals surface area contributed by atoms with Crippen LogP contribution in [0.25, 0.3) is 22.0 Å². The first-order valence-electron chi connectivity index (χ1n) is 12.8. The fraction of sp³-hybridized carbons (Fsp3) is 0.393. The number of pyridine rings is 2. The van der Waals surface area contributed by atoms with Gasteiger partial charge in [-0.1, -0.05) is 36.7 Å². The van der Waals surface area contributed by atoms with Crippen molar-refractivity contribution in [3.8, 4) is 22.6 Å². The number of ether oxygens (including phenoxy) is 2. The Labute approximate surface area is 237 Å². The summed E-state index contributed by atoms with van der Waals surface area (Å²) in [7, 11) is 2.99. The van der Waals surface area contributed by atoms with E-state index in [1.54, 1.807) is 27.8 Å². The van der Waals surface area contributed by atoms with Crippen molar-refractivity contribution in [3.05, 3.63) is 57.4 Å². The summed E-state index contributed by atoms with van der Waals surface area (Å²) >= 11 is 13.4. The van der Waals surface area contributed by atoms with Gasteiger partial charge >= 0.3 is 0 Å². The smallest absolute Gasteiger partial charge is 0.259 e. The number of nitrogens with zero attached hydrogens (tertiary/aromatic N) is 4. The molecule has 0 spiro atoms. The van der Waals surface area contributed by atoms with Crippen LogP contribution in [0.5, 0.6) is 11.5 Å². The third-order valence-corrected chi connectivity index (χ3v) is 7.81. The second-order valence-electron chi connectivity index (χ2n) is 9.19. The van der Waals surface area contributed by atoms with Crippen LogP contribution in [0, 0.1) is 0 Å². The summed E-state index contributed by atoms with van der Waals surface area (Å²) in [6.45, 7) is 11.4. The van der Waals surface area contributed by atoms with E-state index in [4.69, 9.17) is 32.7 Å². The molecule has 39 heavy (non-hydrogen) atoms. The second kappa shape index (κ2) is 12.3. The quantitative estimate of drug-likeness (QED) is 0.337. The van der Waals surface area contributed by atoms with Gasteiger partial charge < -0.3 is 24.3 Å². The average Bonchev–Trinajstić information content (AvgIpc) is 2.91. The van der Waals surface area contributed by atoms with Crippen molar-refractivity contribution < 1.29 is 14.3 Å². The van der Waals surface area contributed by atoms with E-state index >= 15 is 0 Å². The first kappa shape index (κ1) is 28.7. The molecule has 0 radical (unpaired) electrons. The number of amides is 1. The number of likely N-dealkylation sites (N-methyl/N-ethyl adjacent to an activating group) is 1. The number of hydrogen-bond acceptors (Lipinski definition) is 7. The zero-order valence-corrected chi connectivity index (χ0v) is 24.1. The van der Waals surface area contributed by atoms with Crippen molar-refractivity contribution in [1.82, 2.24) is 19.4 Å². The van der Waals surface area contributed by atoms with Crippen molar-refractivity contribution in [2.45, 2.75) is 26.4 Å². The Morgan fingerprint density at radius 2 is 1.85 bits per heavy atom. The molecule has 3 heterocycles. The summed E-state index contributed by atoms with van der Waals surface area (Å²) < 4.78 is 12.6. The average molecular weight is 575 g/mol. The van der Waals surface area contributed by atoms with E-state index in [-0.39, 0.29) is 27.6 Å². The highest BCUT2D eigenvalue weighted by atomic mass is 35.5. The SMILES string of the molecule is C=CC(=O)N1CC(N(CC)CCn2c(=O)c(-c3c(Cl)c(OC)cc(OC)c3Cl)cc3cnc(NCC)cc32)C1. The molecule has 0 saturated carbocycles. The molecule has 0 atom stereocenters. The Morgan fingerprint density at radius 1 is 1.18 bits per heavy atom. The number of carbonyl (C=O) groups excluding carboxylic acids is 1. The van der Waals surface area contributed by atoms with Gasteiger partial charge in [0.1, 0.15) is 17.3 Å². The maximum absolute atomic E-state index is 14.1. The number of benzene rings is 1. The topological polar surface area (TPSA) is 88.9 Å². The number of rotatable bonds is 11. The van der Waals surface area contributed by atoms with Gasteiger partial charge in [-0.15, -0.1) is 0 Å². The van der Waals surface area contributed by atoms with E-state index in [1.165, 1.54) is 20.3 Å². The summed E-state index contributed by atoms with van der Waals surface area (Å²) in [5, 5.41) is 4.42. The molecule has 0 unspecified atom stereocenters. The van der Waals surface area contributed by atoms with Crippen LogP contribution in [-0.4, -0.2) is 78.2 Å². The summed E-state index contributed by atoms with van der Waals surface area (Å²) in [6, 6.07) is 5.44. The van der Waals surface area contributed by atoms with E-state index in [9.17, 15) is 9.59 Å². The number of aromatic nitrogens is 2. The molecule has 1 amide bonds. The normalized spacial score (nSPS) is 13.5. The molecule has 0 aliphatic carbocycles. The highest BCUT2D eigenvalue weighted by Crippen LogP contribution is 2.45. The lowest BCUT2D eigenvalue weighted by Crippen LogP contribution is -2.61. The van der Waals surface area contributed by atoms with Crippen molar-refractivity contribution in [3.63, 3.8) is 0 Å². The zero-order chi connectivity index (χ0) is 28.3. The van der Waals surface area contributed by atoms with Crippen LogP contribution in [0.4, 0.5) is 5.82 Å². The summed E-state index contributed by atoms with van der Waals surface area (Å²) in [5.41, 5.74) is 1.16. The Kier molecular flexibility index (Phi) is 9.04. The molecule has 1 saturated heterocycles. The first-order valence-corrected chi connectivity index (χ1v) is 13.6. The van der Waals surface area contributed by atoms with Gasteiger partial charge in [-0.3, -0.25) is 14.5 Å². The molecule has 1 aromatic carbocycles. The van der Waals surface area contributed by atoms with Crippen molar-refractivity contribution in [2.24, 2.45) is 0 Å². The van der Waals surface area contributed by atoms with E-state index < -0.39 is 0 Å². The maximum atomic E-state index is 14.1. The van der Waals surface area contributed by atoms with Gasteiger partial charge in [-0.05, 0) is 25.6 Å². The van der Waals surface area contributed by atoms with Gasteiger partial charge in [-0.2, -0.15) is 0 Å². The van der Waals surface area contributed by atoms with Gasteiger partial charge in [-0.25, -0.2) is 4.98 Å². The predicted octanol–water partition coefficient (Wildman–Crippen LogP) is 4.54. The van der Waals surface area contributed by atoms with Gasteiger partial charge in [0.2, 0.25) is 5.91 Å². The van der Waals surface area contributed by atoms with Gasteiger partial charge in [0.25, 0.3) is 5.56 Å². The van der Waals surface area contributed by atoms with Crippen molar-refractivity contribution in [2.75, 3.05) is 52.3 Å². The van der Waals surface area contributed by atoms with Crippen LogP contribution < -0.4 is 20.3 Å². The van der Waals surface area contributed by atoms with Gasteiger partial charge in [0, 0.05) is 68.0 Å². The molecule has 11 heteroatoms. The lowest BCUT2D eigenvalue weighted by Gasteiger charge is -2.44. The van der Waals surface area contributed by atoms with Crippen molar-refractivity contribution in [1.29, 1.82) is 0 Å². The molecule has 4 rings (SSSR count). The monoisotopic (exact) mass is 573 g/mol. The molecule has 2 aromatic heterocycles. The number of hydrogen-bond donors (Lipinski definition) is 1. The fourth-order valence-electron chi connectivity index (χ4n) is 4.90.